The van der Waals surface area contributed by atoms with Gasteiger partial charge < -0.3 is 9.52 Å². The Balaban J connectivity index is 1.79. The van der Waals surface area contributed by atoms with E-state index in [0.29, 0.717) is 10.8 Å². The highest BCUT2D eigenvalue weighted by atomic mass is 35.5. The molecule has 1 saturated heterocycles. The highest BCUT2D eigenvalue weighted by molar-refractivity contribution is 7.99. The first-order valence-corrected chi connectivity index (χ1v) is 7.52. The number of hydrogen-bond acceptors (Lipinski definition) is 4. The van der Waals surface area contributed by atoms with Crippen LogP contribution in [0.4, 0.5) is 0 Å². The van der Waals surface area contributed by atoms with E-state index in [1.165, 1.54) is 11.8 Å². The van der Waals surface area contributed by atoms with Crippen LogP contribution < -0.4 is 5.32 Å². The molecule has 4 nitrogen and oxygen atoms in total. The molecule has 0 bridgehead atoms. The van der Waals surface area contributed by atoms with Gasteiger partial charge in [0.2, 0.25) is 0 Å². The minimum Gasteiger partial charge on any atom is -0.480 e. The number of halogens is 1. The van der Waals surface area contributed by atoms with E-state index >= 15 is 0 Å². The van der Waals surface area contributed by atoms with Crippen molar-refractivity contribution in [3.63, 3.8) is 0 Å². The number of thioether (sulfide) groups is 1. The number of carboxylic acids is 1. The molecule has 0 saturated carbocycles. The smallest absolute Gasteiger partial charge is 0.321 e. The number of hydrogen-bond donors (Lipinski definition) is 2. The van der Waals surface area contributed by atoms with E-state index in [1.54, 1.807) is 6.07 Å². The largest absolute Gasteiger partial charge is 0.480 e. The minimum absolute atomic E-state index is 0.121. The van der Waals surface area contributed by atoms with E-state index in [4.69, 9.17) is 21.1 Å². The Morgan fingerprint density at radius 3 is 2.95 bits per heavy atom. The van der Waals surface area contributed by atoms with Crippen molar-refractivity contribution in [2.75, 3.05) is 5.75 Å². The summed E-state index contributed by atoms with van der Waals surface area (Å²) < 4.78 is 5.80. The first-order valence-electron chi connectivity index (χ1n) is 6.09. The number of aliphatic carboxylic acids is 1. The van der Waals surface area contributed by atoms with E-state index in [2.05, 4.69) is 5.32 Å². The Morgan fingerprint density at radius 2 is 2.25 bits per heavy atom. The summed E-state index contributed by atoms with van der Waals surface area (Å²) in [5, 5.41) is 12.5. The fraction of sp³-hybridized carbons (Fsp3) is 0.214. The van der Waals surface area contributed by atoms with E-state index < -0.39 is 12.0 Å². The molecule has 0 amide bonds. The molecular formula is C14H12ClNO3S. The Labute approximate surface area is 125 Å². The van der Waals surface area contributed by atoms with Crippen LogP contribution in [0.5, 0.6) is 0 Å². The monoisotopic (exact) mass is 309 g/mol. The molecule has 1 aliphatic rings. The van der Waals surface area contributed by atoms with Crippen LogP contribution in [0, 0.1) is 0 Å². The molecule has 2 heterocycles. The van der Waals surface area contributed by atoms with Crippen LogP contribution in [0.1, 0.15) is 11.1 Å². The quantitative estimate of drug-likeness (QED) is 0.910. The maximum absolute atomic E-state index is 10.9. The molecule has 20 heavy (non-hydrogen) atoms. The van der Waals surface area contributed by atoms with Crippen molar-refractivity contribution in [2.24, 2.45) is 0 Å². The molecule has 0 aliphatic carbocycles. The van der Waals surface area contributed by atoms with Gasteiger partial charge in [0.1, 0.15) is 22.9 Å². The van der Waals surface area contributed by atoms with Gasteiger partial charge in [0, 0.05) is 16.3 Å². The van der Waals surface area contributed by atoms with Crippen LogP contribution >= 0.6 is 23.4 Å². The number of carboxylic acid groups (broad SMARTS) is 1. The second-order valence-corrected chi connectivity index (χ2v) is 6.06. The van der Waals surface area contributed by atoms with E-state index in [-0.39, 0.29) is 5.37 Å². The molecular weight excluding hydrogens is 298 g/mol. The molecule has 1 aliphatic heterocycles. The van der Waals surface area contributed by atoms with Crippen molar-refractivity contribution < 1.29 is 14.3 Å². The van der Waals surface area contributed by atoms with Crippen molar-refractivity contribution in [1.29, 1.82) is 0 Å². The molecule has 3 rings (SSSR count). The summed E-state index contributed by atoms with van der Waals surface area (Å²) in [6.45, 7) is 0. The van der Waals surface area contributed by atoms with Crippen LogP contribution in [-0.2, 0) is 4.79 Å². The molecule has 0 radical (unpaired) electrons. The highest BCUT2D eigenvalue weighted by Gasteiger charge is 2.32. The van der Waals surface area contributed by atoms with Crippen molar-refractivity contribution in [2.45, 2.75) is 11.4 Å². The summed E-state index contributed by atoms with van der Waals surface area (Å²) >= 11 is 7.49. The predicted octanol–water partition coefficient (Wildman–Crippen LogP) is 3.39. The molecule has 1 fully saturated rings. The number of furan rings is 1. The number of nitrogens with one attached hydrogen (secondary N) is 1. The first-order chi connectivity index (χ1) is 9.63. The van der Waals surface area contributed by atoms with Crippen molar-refractivity contribution in [1.82, 2.24) is 5.32 Å². The Hall–Kier alpha value is -1.43. The summed E-state index contributed by atoms with van der Waals surface area (Å²) in [6, 6.07) is 10.6. The average Bonchev–Trinajstić information content (AvgIpc) is 3.08. The third kappa shape index (κ3) is 2.70. The van der Waals surface area contributed by atoms with Gasteiger partial charge in [0.05, 0.1) is 0 Å². The maximum atomic E-state index is 10.9. The van der Waals surface area contributed by atoms with Crippen molar-refractivity contribution in [3.05, 3.63) is 47.2 Å². The van der Waals surface area contributed by atoms with Gasteiger partial charge >= 0.3 is 5.97 Å². The zero-order valence-corrected chi connectivity index (χ0v) is 11.9. The Kier molecular flexibility index (Phi) is 3.74. The summed E-state index contributed by atoms with van der Waals surface area (Å²) in [7, 11) is 0. The third-order valence-electron chi connectivity index (χ3n) is 3.07. The van der Waals surface area contributed by atoms with Gasteiger partial charge in [-0.05, 0) is 24.3 Å². The SMILES string of the molecule is O=C(O)[C@@H]1CS[C@H](c2ccc(-c3cccc(Cl)c3)o2)N1. The fourth-order valence-electron chi connectivity index (χ4n) is 2.07. The summed E-state index contributed by atoms with van der Waals surface area (Å²) in [4.78, 5) is 10.9. The standard InChI is InChI=1S/C14H12ClNO3S/c15-9-3-1-2-8(6-9)11-4-5-12(19-11)13-16-10(7-20-13)14(17)18/h1-6,10,13,16H,7H2,(H,17,18)/t10-,13+/m0/s1. The highest BCUT2D eigenvalue weighted by Crippen LogP contribution is 2.36. The molecule has 2 N–H and O–H groups in total. The summed E-state index contributed by atoms with van der Waals surface area (Å²) in [5.41, 5.74) is 0.904. The topological polar surface area (TPSA) is 62.5 Å². The van der Waals surface area contributed by atoms with Gasteiger partial charge in [-0.25, -0.2) is 0 Å². The number of carbonyl (C=O) groups is 1. The molecule has 1 aromatic heterocycles. The Bertz CT molecular complexity index is 643. The summed E-state index contributed by atoms with van der Waals surface area (Å²) in [5.74, 6) is 1.16. The minimum atomic E-state index is -0.832. The van der Waals surface area contributed by atoms with E-state index in [9.17, 15) is 4.79 Å². The van der Waals surface area contributed by atoms with Crippen LogP contribution in [-0.4, -0.2) is 22.9 Å². The molecule has 0 spiro atoms. The third-order valence-corrected chi connectivity index (χ3v) is 4.54. The van der Waals surface area contributed by atoms with Gasteiger partial charge in [-0.2, -0.15) is 0 Å². The molecule has 6 heteroatoms. The van der Waals surface area contributed by atoms with E-state index in [1.807, 2.05) is 30.3 Å². The lowest BCUT2D eigenvalue weighted by molar-refractivity contribution is -0.138. The first kappa shape index (κ1) is 13.5. The zero-order chi connectivity index (χ0) is 14.1. The van der Waals surface area contributed by atoms with Crippen molar-refractivity contribution >= 4 is 29.3 Å². The molecule has 2 aromatic rings. The van der Waals surface area contributed by atoms with Crippen molar-refractivity contribution in [3.8, 4) is 11.3 Å². The van der Waals surface area contributed by atoms with Crippen LogP contribution in [0.25, 0.3) is 11.3 Å². The fourth-order valence-corrected chi connectivity index (χ4v) is 3.43. The summed E-state index contributed by atoms with van der Waals surface area (Å²) in [6.07, 6.45) is 0. The molecule has 104 valence electrons. The lowest BCUT2D eigenvalue weighted by atomic mass is 10.2. The number of benzene rings is 1. The molecule has 0 unspecified atom stereocenters. The zero-order valence-electron chi connectivity index (χ0n) is 10.4. The van der Waals surface area contributed by atoms with Crippen LogP contribution in [0.15, 0.2) is 40.8 Å². The second kappa shape index (κ2) is 5.52. The van der Waals surface area contributed by atoms with Crippen LogP contribution in [0.3, 0.4) is 0 Å². The second-order valence-electron chi connectivity index (χ2n) is 4.48. The average molecular weight is 310 g/mol. The molecule has 2 atom stereocenters. The lowest BCUT2D eigenvalue weighted by Crippen LogP contribution is -2.33. The molecule has 1 aromatic carbocycles. The van der Waals surface area contributed by atoms with Gasteiger partial charge in [-0.15, -0.1) is 11.8 Å². The number of rotatable bonds is 3. The van der Waals surface area contributed by atoms with Gasteiger partial charge in [0.25, 0.3) is 0 Å². The lowest BCUT2D eigenvalue weighted by Gasteiger charge is -2.07. The maximum Gasteiger partial charge on any atom is 0.321 e. The van der Waals surface area contributed by atoms with Crippen LogP contribution in [0.2, 0.25) is 5.02 Å². The van der Waals surface area contributed by atoms with Gasteiger partial charge in [-0.1, -0.05) is 23.7 Å². The Morgan fingerprint density at radius 1 is 1.40 bits per heavy atom. The predicted molar refractivity (Wildman–Crippen MR) is 78.9 cm³/mol. The van der Waals surface area contributed by atoms with Gasteiger partial charge in [0.15, 0.2) is 0 Å². The van der Waals surface area contributed by atoms with Gasteiger partial charge in [-0.3, -0.25) is 10.1 Å². The van der Waals surface area contributed by atoms with E-state index in [0.717, 1.165) is 17.1 Å². The normalized spacial score (nSPS) is 22.1.